The number of nitrogens with zero attached hydrogens (tertiary/aromatic N) is 1. The van der Waals surface area contributed by atoms with Crippen LogP contribution >= 0.6 is 11.3 Å². The Morgan fingerprint density at radius 2 is 1.70 bits per heavy atom. The number of hydrogen-bond acceptors (Lipinski definition) is 6. The molecule has 6 nitrogen and oxygen atoms in total. The van der Waals surface area contributed by atoms with Crippen molar-refractivity contribution in [3.63, 3.8) is 0 Å². The van der Waals surface area contributed by atoms with Gasteiger partial charge in [0.05, 0.1) is 26.9 Å². The minimum Gasteiger partial charge on any atom is -0.493 e. The predicted molar refractivity (Wildman–Crippen MR) is 119 cm³/mol. The third kappa shape index (κ3) is 3.67. The van der Waals surface area contributed by atoms with E-state index in [2.05, 4.69) is 27.8 Å². The molecule has 2 aromatic carbocycles. The fourth-order valence-corrected chi connectivity index (χ4v) is 4.24. The third-order valence-corrected chi connectivity index (χ3v) is 5.68. The number of rotatable bonds is 6. The Balaban J connectivity index is 1.64. The van der Waals surface area contributed by atoms with Crippen LogP contribution in [0.1, 0.15) is 10.4 Å². The summed E-state index contributed by atoms with van der Waals surface area (Å²) < 4.78 is 17.2. The SMILES string of the molecule is COc1cc(NC(=O)c2cncc(-c3csc4ccccc34)c2)cc(OC)c1OC. The molecule has 0 saturated carbocycles. The summed E-state index contributed by atoms with van der Waals surface area (Å²) in [4.78, 5) is 17.2. The number of fused-ring (bicyclic) bond motifs is 1. The number of amides is 1. The molecule has 4 aromatic rings. The molecule has 0 aliphatic rings. The van der Waals surface area contributed by atoms with Gasteiger partial charge >= 0.3 is 0 Å². The van der Waals surface area contributed by atoms with Crippen molar-refractivity contribution in [2.75, 3.05) is 26.6 Å². The monoisotopic (exact) mass is 420 g/mol. The van der Waals surface area contributed by atoms with Gasteiger partial charge in [-0.1, -0.05) is 18.2 Å². The Bertz CT molecular complexity index is 1190. The van der Waals surface area contributed by atoms with Crippen LogP contribution < -0.4 is 19.5 Å². The summed E-state index contributed by atoms with van der Waals surface area (Å²) in [5, 5.41) is 6.11. The number of anilines is 1. The van der Waals surface area contributed by atoms with Crippen molar-refractivity contribution in [2.45, 2.75) is 0 Å². The first-order valence-corrected chi connectivity index (χ1v) is 10.1. The van der Waals surface area contributed by atoms with E-state index >= 15 is 0 Å². The lowest BCUT2D eigenvalue weighted by molar-refractivity contribution is 0.102. The van der Waals surface area contributed by atoms with Crippen LogP contribution in [-0.4, -0.2) is 32.2 Å². The van der Waals surface area contributed by atoms with E-state index in [1.165, 1.54) is 26.0 Å². The highest BCUT2D eigenvalue weighted by Gasteiger charge is 2.16. The van der Waals surface area contributed by atoms with Crippen LogP contribution in [0, 0.1) is 0 Å². The Hall–Kier alpha value is -3.58. The molecule has 0 bridgehead atoms. The third-order valence-electron chi connectivity index (χ3n) is 4.72. The average Bonchev–Trinajstić information content (AvgIpc) is 3.22. The van der Waals surface area contributed by atoms with E-state index in [1.807, 2.05) is 18.2 Å². The van der Waals surface area contributed by atoms with E-state index in [4.69, 9.17) is 14.2 Å². The van der Waals surface area contributed by atoms with E-state index in [1.54, 1.807) is 35.9 Å². The highest BCUT2D eigenvalue weighted by molar-refractivity contribution is 7.17. The van der Waals surface area contributed by atoms with Crippen LogP contribution in [0.25, 0.3) is 21.2 Å². The van der Waals surface area contributed by atoms with Crippen LogP contribution in [0.2, 0.25) is 0 Å². The molecule has 2 aromatic heterocycles. The Labute approximate surface area is 178 Å². The summed E-state index contributed by atoms with van der Waals surface area (Å²) in [5.41, 5.74) is 2.94. The van der Waals surface area contributed by atoms with E-state index in [0.717, 1.165) is 16.5 Å². The maximum absolute atomic E-state index is 12.9. The van der Waals surface area contributed by atoms with Gasteiger partial charge in [-0.3, -0.25) is 9.78 Å². The molecular formula is C23H20N2O4S. The molecule has 0 aliphatic carbocycles. The molecule has 152 valence electrons. The quantitative estimate of drug-likeness (QED) is 0.462. The first kappa shape index (κ1) is 19.7. The maximum Gasteiger partial charge on any atom is 0.257 e. The molecule has 1 N–H and O–H groups in total. The number of ether oxygens (including phenoxy) is 3. The molecule has 0 fully saturated rings. The maximum atomic E-state index is 12.9. The van der Waals surface area contributed by atoms with Crippen LogP contribution in [0.5, 0.6) is 17.2 Å². The van der Waals surface area contributed by atoms with Crippen LogP contribution in [0.4, 0.5) is 5.69 Å². The molecule has 0 radical (unpaired) electrons. The zero-order chi connectivity index (χ0) is 21.1. The molecule has 0 atom stereocenters. The largest absolute Gasteiger partial charge is 0.493 e. The zero-order valence-electron chi connectivity index (χ0n) is 16.8. The minimum atomic E-state index is -0.279. The molecule has 30 heavy (non-hydrogen) atoms. The number of methoxy groups -OCH3 is 3. The summed E-state index contributed by atoms with van der Waals surface area (Å²) in [6.45, 7) is 0. The number of benzene rings is 2. The van der Waals surface area contributed by atoms with Gasteiger partial charge in [-0.25, -0.2) is 0 Å². The number of carbonyl (C=O) groups is 1. The first-order valence-electron chi connectivity index (χ1n) is 9.17. The van der Waals surface area contributed by atoms with Crippen molar-refractivity contribution in [2.24, 2.45) is 0 Å². The molecular weight excluding hydrogens is 400 g/mol. The summed E-state index contributed by atoms with van der Waals surface area (Å²) in [7, 11) is 4.59. The molecule has 0 aliphatic heterocycles. The van der Waals surface area contributed by atoms with Gasteiger partial charge in [0.1, 0.15) is 0 Å². The van der Waals surface area contributed by atoms with Gasteiger partial charge in [-0.15, -0.1) is 11.3 Å². The Morgan fingerprint density at radius 1 is 0.967 bits per heavy atom. The normalized spacial score (nSPS) is 10.6. The predicted octanol–water partition coefficient (Wildman–Crippen LogP) is 5.24. The molecule has 7 heteroatoms. The Morgan fingerprint density at radius 3 is 2.40 bits per heavy atom. The molecule has 2 heterocycles. The van der Waals surface area contributed by atoms with Gasteiger partial charge in [0.25, 0.3) is 5.91 Å². The second-order valence-corrected chi connectivity index (χ2v) is 7.39. The standard InChI is InChI=1S/C23H20N2O4S/c1-27-19-9-16(10-20(28-2)22(19)29-3)25-23(26)15-8-14(11-24-12-15)18-13-30-21-7-5-4-6-17(18)21/h4-13H,1-3H3,(H,25,26). The number of nitrogens with one attached hydrogen (secondary N) is 1. The first-order chi connectivity index (χ1) is 14.6. The number of carbonyl (C=O) groups excluding carboxylic acids is 1. The minimum absolute atomic E-state index is 0.279. The van der Waals surface area contributed by atoms with Crippen molar-refractivity contribution in [1.82, 2.24) is 4.98 Å². The average molecular weight is 420 g/mol. The molecule has 1 amide bonds. The van der Waals surface area contributed by atoms with Gasteiger partial charge in [-0.05, 0) is 17.5 Å². The lowest BCUT2D eigenvalue weighted by Gasteiger charge is -2.14. The fourth-order valence-electron chi connectivity index (χ4n) is 3.27. The van der Waals surface area contributed by atoms with Crippen molar-refractivity contribution in [3.05, 3.63) is 65.8 Å². The van der Waals surface area contributed by atoms with Crippen molar-refractivity contribution in [3.8, 4) is 28.4 Å². The van der Waals surface area contributed by atoms with Crippen molar-refractivity contribution < 1.29 is 19.0 Å². The number of hydrogen-bond donors (Lipinski definition) is 1. The second-order valence-electron chi connectivity index (χ2n) is 6.48. The van der Waals surface area contributed by atoms with Gasteiger partial charge in [0.15, 0.2) is 11.5 Å². The molecule has 0 saturated heterocycles. The van der Waals surface area contributed by atoms with Gasteiger partial charge < -0.3 is 19.5 Å². The fraction of sp³-hybridized carbons (Fsp3) is 0.130. The van der Waals surface area contributed by atoms with Gasteiger partial charge in [0.2, 0.25) is 5.75 Å². The number of pyridine rings is 1. The molecule has 4 rings (SSSR count). The summed E-state index contributed by atoms with van der Waals surface area (Å²) in [5.74, 6) is 1.11. The smallest absolute Gasteiger partial charge is 0.257 e. The van der Waals surface area contributed by atoms with Crippen LogP contribution in [0.15, 0.2) is 60.2 Å². The van der Waals surface area contributed by atoms with Crippen LogP contribution in [0.3, 0.4) is 0 Å². The van der Waals surface area contributed by atoms with Crippen molar-refractivity contribution >= 4 is 33.0 Å². The molecule has 0 spiro atoms. The molecule has 0 unspecified atom stereocenters. The van der Waals surface area contributed by atoms with Crippen molar-refractivity contribution in [1.29, 1.82) is 0 Å². The highest BCUT2D eigenvalue weighted by Crippen LogP contribution is 2.40. The van der Waals surface area contributed by atoms with Gasteiger partial charge in [-0.2, -0.15) is 0 Å². The number of aromatic nitrogens is 1. The van der Waals surface area contributed by atoms with E-state index in [0.29, 0.717) is 28.5 Å². The lowest BCUT2D eigenvalue weighted by atomic mass is 10.0. The zero-order valence-corrected chi connectivity index (χ0v) is 17.6. The summed E-state index contributed by atoms with van der Waals surface area (Å²) in [6, 6.07) is 13.4. The summed E-state index contributed by atoms with van der Waals surface area (Å²) >= 11 is 1.67. The van der Waals surface area contributed by atoms with E-state index < -0.39 is 0 Å². The topological polar surface area (TPSA) is 69.7 Å². The summed E-state index contributed by atoms with van der Waals surface area (Å²) in [6.07, 6.45) is 3.32. The van der Waals surface area contributed by atoms with E-state index in [-0.39, 0.29) is 5.91 Å². The second kappa shape index (κ2) is 8.42. The Kier molecular flexibility index (Phi) is 5.54. The van der Waals surface area contributed by atoms with Crippen LogP contribution in [-0.2, 0) is 0 Å². The highest BCUT2D eigenvalue weighted by atomic mass is 32.1. The number of thiophene rings is 1. The van der Waals surface area contributed by atoms with E-state index in [9.17, 15) is 4.79 Å². The lowest BCUT2D eigenvalue weighted by Crippen LogP contribution is -2.12. The van der Waals surface area contributed by atoms with Gasteiger partial charge in [0, 0.05) is 51.4 Å².